The number of H-pyrrole nitrogens is 1. The largest absolute Gasteiger partial charge is 0.461 e. The van der Waals surface area contributed by atoms with Crippen molar-refractivity contribution in [3.05, 3.63) is 22.7 Å². The molecule has 64 valence electrons. The number of nitrogens with zero attached hydrogens (tertiary/aromatic N) is 1. The number of hydrogen-bond acceptors (Lipinski definition) is 4. The van der Waals surface area contributed by atoms with Crippen molar-refractivity contribution in [1.29, 1.82) is 0 Å². The number of rotatable bonds is 2. The van der Waals surface area contributed by atoms with Crippen LogP contribution in [0.3, 0.4) is 0 Å². The molecular formula is C7H8N2O2S. The fraction of sp³-hybridized carbons (Fsp3) is 0.286. The van der Waals surface area contributed by atoms with E-state index in [4.69, 9.17) is 17.0 Å². The summed E-state index contributed by atoms with van der Waals surface area (Å²) < 4.78 is 5.02. The standard InChI is InChI=1S/C7H8N2O2S/c1-2-11-7(10)5-6(12)9-4-3-8-5/h3-4H,2H2,1H3,(H,9,12). The third-order valence-electron chi connectivity index (χ3n) is 1.18. The maximum atomic E-state index is 11.1. The lowest BCUT2D eigenvalue weighted by Crippen LogP contribution is -2.08. The maximum Gasteiger partial charge on any atom is 0.360 e. The van der Waals surface area contributed by atoms with E-state index in [1.54, 1.807) is 13.1 Å². The summed E-state index contributed by atoms with van der Waals surface area (Å²) in [4.78, 5) is 17.6. The number of carbonyl (C=O) groups is 1. The number of aromatic nitrogens is 2. The zero-order valence-electron chi connectivity index (χ0n) is 6.53. The molecule has 0 saturated carbocycles. The topological polar surface area (TPSA) is 55.0 Å². The van der Waals surface area contributed by atoms with Crippen LogP contribution < -0.4 is 0 Å². The second-order valence-electron chi connectivity index (χ2n) is 1.99. The van der Waals surface area contributed by atoms with Gasteiger partial charge >= 0.3 is 5.97 Å². The van der Waals surface area contributed by atoms with Crippen LogP contribution >= 0.6 is 12.2 Å². The Kier molecular flexibility index (Phi) is 2.93. The van der Waals surface area contributed by atoms with Gasteiger partial charge in [0.15, 0.2) is 5.69 Å². The molecular weight excluding hydrogens is 176 g/mol. The van der Waals surface area contributed by atoms with Crippen molar-refractivity contribution in [1.82, 2.24) is 9.97 Å². The first-order valence-corrected chi connectivity index (χ1v) is 3.87. The van der Waals surface area contributed by atoms with E-state index in [-0.39, 0.29) is 5.69 Å². The Labute approximate surface area is 74.6 Å². The van der Waals surface area contributed by atoms with E-state index in [0.29, 0.717) is 11.2 Å². The molecule has 0 aliphatic heterocycles. The number of nitrogens with one attached hydrogen (secondary N) is 1. The van der Waals surface area contributed by atoms with Gasteiger partial charge in [-0.1, -0.05) is 12.2 Å². The van der Waals surface area contributed by atoms with E-state index in [0.717, 1.165) is 0 Å². The van der Waals surface area contributed by atoms with Gasteiger partial charge in [-0.3, -0.25) is 0 Å². The average molecular weight is 184 g/mol. The molecule has 0 aliphatic carbocycles. The molecule has 1 rings (SSSR count). The summed E-state index contributed by atoms with van der Waals surface area (Å²) in [6.45, 7) is 2.05. The lowest BCUT2D eigenvalue weighted by Gasteiger charge is -1.98. The first-order valence-electron chi connectivity index (χ1n) is 3.46. The molecule has 0 spiro atoms. The van der Waals surface area contributed by atoms with Crippen LogP contribution in [0.5, 0.6) is 0 Å². The zero-order valence-corrected chi connectivity index (χ0v) is 7.35. The average Bonchev–Trinajstić information content (AvgIpc) is 2.05. The van der Waals surface area contributed by atoms with Crippen molar-refractivity contribution in [2.45, 2.75) is 6.92 Å². The molecule has 0 aromatic carbocycles. The van der Waals surface area contributed by atoms with Gasteiger partial charge < -0.3 is 9.72 Å². The van der Waals surface area contributed by atoms with Gasteiger partial charge in [0.05, 0.1) is 6.61 Å². The van der Waals surface area contributed by atoms with Crippen molar-refractivity contribution < 1.29 is 9.53 Å². The van der Waals surface area contributed by atoms with E-state index in [1.165, 1.54) is 6.20 Å². The number of hydrogen-bond donors (Lipinski definition) is 1. The number of carbonyl (C=O) groups excluding carboxylic acids is 1. The monoisotopic (exact) mass is 184 g/mol. The van der Waals surface area contributed by atoms with Crippen molar-refractivity contribution >= 4 is 18.2 Å². The van der Waals surface area contributed by atoms with Crippen LogP contribution in [0.2, 0.25) is 0 Å². The first-order chi connectivity index (χ1) is 5.75. The zero-order chi connectivity index (χ0) is 8.97. The third-order valence-corrected chi connectivity index (χ3v) is 1.49. The highest BCUT2D eigenvalue weighted by atomic mass is 32.1. The van der Waals surface area contributed by atoms with Gasteiger partial charge in [0.25, 0.3) is 0 Å². The second kappa shape index (κ2) is 3.96. The molecule has 1 aromatic rings. The smallest absolute Gasteiger partial charge is 0.360 e. The molecule has 12 heavy (non-hydrogen) atoms. The summed E-state index contributed by atoms with van der Waals surface area (Å²) in [6, 6.07) is 0. The van der Waals surface area contributed by atoms with Crippen LogP contribution in [0.1, 0.15) is 17.4 Å². The Morgan fingerprint density at radius 2 is 2.58 bits per heavy atom. The summed E-state index contributed by atoms with van der Waals surface area (Å²) in [5, 5.41) is 0. The fourth-order valence-corrected chi connectivity index (χ4v) is 0.901. The molecule has 1 N–H and O–H groups in total. The van der Waals surface area contributed by atoms with Gasteiger partial charge in [0.1, 0.15) is 4.64 Å². The van der Waals surface area contributed by atoms with E-state index >= 15 is 0 Å². The van der Waals surface area contributed by atoms with Gasteiger partial charge in [-0.05, 0) is 6.92 Å². The summed E-state index contributed by atoms with van der Waals surface area (Å²) in [6.07, 6.45) is 3.02. The van der Waals surface area contributed by atoms with Gasteiger partial charge in [0.2, 0.25) is 0 Å². The number of aromatic amines is 1. The SMILES string of the molecule is CCOC(=O)c1ncc[nH]c1=S. The molecule has 0 radical (unpaired) electrons. The Hall–Kier alpha value is -1.23. The molecule has 0 unspecified atom stereocenters. The molecule has 1 aromatic heterocycles. The van der Waals surface area contributed by atoms with Crippen molar-refractivity contribution in [2.24, 2.45) is 0 Å². The molecule has 0 saturated heterocycles. The first kappa shape index (κ1) is 8.86. The molecule has 0 fully saturated rings. The quantitative estimate of drug-likeness (QED) is 0.556. The normalized spacial score (nSPS) is 9.42. The highest BCUT2D eigenvalue weighted by Crippen LogP contribution is 1.97. The Balaban J connectivity index is 2.95. The van der Waals surface area contributed by atoms with Crippen LogP contribution in [0, 0.1) is 4.64 Å². The third kappa shape index (κ3) is 1.88. The van der Waals surface area contributed by atoms with E-state index in [9.17, 15) is 4.79 Å². The van der Waals surface area contributed by atoms with Gasteiger partial charge in [0, 0.05) is 12.4 Å². The summed E-state index contributed by atoms with van der Waals surface area (Å²) >= 11 is 4.82. The van der Waals surface area contributed by atoms with Crippen molar-refractivity contribution in [2.75, 3.05) is 6.61 Å². The minimum absolute atomic E-state index is 0.161. The van der Waals surface area contributed by atoms with E-state index < -0.39 is 5.97 Å². The summed E-state index contributed by atoms with van der Waals surface area (Å²) in [5.74, 6) is -0.487. The van der Waals surface area contributed by atoms with Crippen LogP contribution in [-0.4, -0.2) is 22.5 Å². The molecule has 0 aliphatic rings. The van der Waals surface area contributed by atoms with Crippen LogP contribution in [-0.2, 0) is 4.74 Å². The fourth-order valence-electron chi connectivity index (χ4n) is 0.697. The molecule has 4 nitrogen and oxygen atoms in total. The molecule has 1 heterocycles. The van der Waals surface area contributed by atoms with Gasteiger partial charge in [-0.25, -0.2) is 9.78 Å². The molecule has 0 amide bonds. The van der Waals surface area contributed by atoms with Crippen LogP contribution in [0.4, 0.5) is 0 Å². The Morgan fingerprint density at radius 3 is 3.17 bits per heavy atom. The van der Waals surface area contributed by atoms with Gasteiger partial charge in [-0.15, -0.1) is 0 Å². The maximum absolute atomic E-state index is 11.1. The lowest BCUT2D eigenvalue weighted by atomic mass is 10.4. The molecule has 0 bridgehead atoms. The predicted octanol–water partition coefficient (Wildman–Crippen LogP) is 1.32. The predicted molar refractivity (Wildman–Crippen MR) is 45.4 cm³/mol. The second-order valence-corrected chi connectivity index (χ2v) is 2.40. The highest BCUT2D eigenvalue weighted by Gasteiger charge is 2.08. The highest BCUT2D eigenvalue weighted by molar-refractivity contribution is 7.71. The Morgan fingerprint density at radius 1 is 1.83 bits per heavy atom. The summed E-state index contributed by atoms with van der Waals surface area (Å²) in [7, 11) is 0. The lowest BCUT2D eigenvalue weighted by molar-refractivity contribution is 0.0518. The van der Waals surface area contributed by atoms with E-state index in [2.05, 4.69) is 9.97 Å². The van der Waals surface area contributed by atoms with Crippen molar-refractivity contribution in [3.63, 3.8) is 0 Å². The van der Waals surface area contributed by atoms with Crippen molar-refractivity contribution in [3.8, 4) is 0 Å². The minimum Gasteiger partial charge on any atom is -0.461 e. The number of esters is 1. The molecule has 0 atom stereocenters. The van der Waals surface area contributed by atoms with Crippen LogP contribution in [0.25, 0.3) is 0 Å². The number of ether oxygens (including phenoxy) is 1. The van der Waals surface area contributed by atoms with E-state index in [1.807, 2.05) is 0 Å². The summed E-state index contributed by atoms with van der Waals surface area (Å²) in [5.41, 5.74) is 0.161. The Bertz CT molecular complexity index is 334. The van der Waals surface area contributed by atoms with Gasteiger partial charge in [-0.2, -0.15) is 0 Å². The minimum atomic E-state index is -0.487. The van der Waals surface area contributed by atoms with Crippen LogP contribution in [0.15, 0.2) is 12.4 Å². The molecule has 5 heteroatoms.